The van der Waals surface area contributed by atoms with Gasteiger partial charge in [-0.15, -0.1) is 0 Å². The Kier molecular flexibility index (Phi) is 4.48. The van der Waals surface area contributed by atoms with Crippen LogP contribution in [0.15, 0.2) is 0 Å². The Labute approximate surface area is 107 Å². The monoisotopic (exact) mass is 238 g/mol. The molecular weight excluding hydrogens is 208 g/mol. The molecular formula is C15H30N2. The van der Waals surface area contributed by atoms with Crippen LogP contribution in [0.5, 0.6) is 0 Å². The fourth-order valence-electron chi connectivity index (χ4n) is 3.41. The number of nitrogens with zero attached hydrogens (tertiary/aromatic N) is 1. The number of hydrogen-bond acceptors (Lipinski definition) is 2. The Morgan fingerprint density at radius 2 is 1.76 bits per heavy atom. The second-order valence-corrected chi connectivity index (χ2v) is 6.73. The summed E-state index contributed by atoms with van der Waals surface area (Å²) >= 11 is 0. The SMILES string of the molecule is CC1CCC(CNCC2(N(C)C)CCC2)CC1. The van der Waals surface area contributed by atoms with Gasteiger partial charge in [-0.25, -0.2) is 0 Å². The summed E-state index contributed by atoms with van der Waals surface area (Å²) in [6, 6.07) is 0. The van der Waals surface area contributed by atoms with Gasteiger partial charge in [-0.05, 0) is 64.6 Å². The van der Waals surface area contributed by atoms with Crippen LogP contribution in [-0.4, -0.2) is 37.6 Å². The maximum atomic E-state index is 3.75. The van der Waals surface area contributed by atoms with Crippen molar-refractivity contribution in [3.05, 3.63) is 0 Å². The van der Waals surface area contributed by atoms with Crippen LogP contribution in [0.1, 0.15) is 51.9 Å². The molecule has 0 atom stereocenters. The first-order chi connectivity index (χ1) is 8.12. The average molecular weight is 238 g/mol. The molecule has 0 spiro atoms. The van der Waals surface area contributed by atoms with Crippen LogP contribution in [0.4, 0.5) is 0 Å². The first-order valence-electron chi connectivity index (χ1n) is 7.50. The minimum Gasteiger partial charge on any atom is -0.315 e. The molecule has 1 N–H and O–H groups in total. The molecule has 0 aromatic carbocycles. The van der Waals surface area contributed by atoms with E-state index in [1.54, 1.807) is 0 Å². The number of likely N-dealkylation sites (N-methyl/N-ethyl adjacent to an activating group) is 1. The molecule has 2 saturated carbocycles. The summed E-state index contributed by atoms with van der Waals surface area (Å²) in [7, 11) is 4.48. The molecule has 0 amide bonds. The fraction of sp³-hybridized carbons (Fsp3) is 1.00. The minimum absolute atomic E-state index is 0.488. The van der Waals surface area contributed by atoms with Gasteiger partial charge >= 0.3 is 0 Å². The van der Waals surface area contributed by atoms with Gasteiger partial charge in [0.05, 0.1) is 0 Å². The van der Waals surface area contributed by atoms with Crippen molar-refractivity contribution < 1.29 is 0 Å². The highest BCUT2D eigenvalue weighted by molar-refractivity contribution is 4.97. The molecule has 0 unspecified atom stereocenters. The average Bonchev–Trinajstić information content (AvgIpc) is 2.24. The standard InChI is InChI=1S/C15H30N2/c1-13-5-7-14(8-6-13)11-16-12-15(17(2)3)9-4-10-15/h13-14,16H,4-12H2,1-3H3. The van der Waals surface area contributed by atoms with Gasteiger partial charge in [-0.2, -0.15) is 0 Å². The maximum Gasteiger partial charge on any atom is 0.0327 e. The van der Waals surface area contributed by atoms with Crippen LogP contribution in [0, 0.1) is 11.8 Å². The molecule has 0 aromatic rings. The van der Waals surface area contributed by atoms with E-state index in [4.69, 9.17) is 0 Å². The van der Waals surface area contributed by atoms with Crippen LogP contribution in [-0.2, 0) is 0 Å². The molecule has 0 saturated heterocycles. The Morgan fingerprint density at radius 3 is 2.24 bits per heavy atom. The Hall–Kier alpha value is -0.0800. The predicted octanol–water partition coefficient (Wildman–Crippen LogP) is 2.89. The van der Waals surface area contributed by atoms with Gasteiger partial charge in [0, 0.05) is 12.1 Å². The molecule has 0 aliphatic heterocycles. The zero-order chi connectivity index (χ0) is 12.3. The van der Waals surface area contributed by atoms with Gasteiger partial charge in [0.15, 0.2) is 0 Å². The van der Waals surface area contributed by atoms with Crippen molar-refractivity contribution in [3.63, 3.8) is 0 Å². The lowest BCUT2D eigenvalue weighted by atomic mass is 9.75. The van der Waals surface area contributed by atoms with Crippen molar-refractivity contribution in [1.29, 1.82) is 0 Å². The highest BCUT2D eigenvalue weighted by atomic mass is 15.2. The topological polar surface area (TPSA) is 15.3 Å². The fourth-order valence-corrected chi connectivity index (χ4v) is 3.41. The summed E-state index contributed by atoms with van der Waals surface area (Å²) < 4.78 is 0. The lowest BCUT2D eigenvalue weighted by Gasteiger charge is -2.47. The van der Waals surface area contributed by atoms with Gasteiger partial charge < -0.3 is 10.2 Å². The molecule has 2 nitrogen and oxygen atoms in total. The second-order valence-electron chi connectivity index (χ2n) is 6.73. The van der Waals surface area contributed by atoms with E-state index >= 15 is 0 Å². The molecule has 100 valence electrons. The van der Waals surface area contributed by atoms with Crippen molar-refractivity contribution in [2.45, 2.75) is 57.4 Å². The summed E-state index contributed by atoms with van der Waals surface area (Å²) in [5.41, 5.74) is 0.488. The van der Waals surface area contributed by atoms with Crippen molar-refractivity contribution in [1.82, 2.24) is 10.2 Å². The molecule has 0 radical (unpaired) electrons. The van der Waals surface area contributed by atoms with Gasteiger partial charge in [-0.3, -0.25) is 0 Å². The minimum atomic E-state index is 0.488. The quantitative estimate of drug-likeness (QED) is 0.792. The van der Waals surface area contributed by atoms with Crippen molar-refractivity contribution >= 4 is 0 Å². The molecule has 2 aliphatic carbocycles. The van der Waals surface area contributed by atoms with Crippen molar-refractivity contribution in [3.8, 4) is 0 Å². The number of rotatable bonds is 5. The Bertz CT molecular complexity index is 225. The lowest BCUT2D eigenvalue weighted by molar-refractivity contribution is 0.0584. The van der Waals surface area contributed by atoms with Crippen LogP contribution in [0.3, 0.4) is 0 Å². The van der Waals surface area contributed by atoms with E-state index in [1.165, 1.54) is 58.0 Å². The van der Waals surface area contributed by atoms with Gasteiger partial charge in [0.2, 0.25) is 0 Å². The molecule has 0 aromatic heterocycles. The predicted molar refractivity (Wildman–Crippen MR) is 74.3 cm³/mol. The number of nitrogens with one attached hydrogen (secondary N) is 1. The van der Waals surface area contributed by atoms with Crippen LogP contribution in [0.25, 0.3) is 0 Å². The van der Waals surface area contributed by atoms with E-state index in [9.17, 15) is 0 Å². The Morgan fingerprint density at radius 1 is 1.12 bits per heavy atom. The molecule has 2 rings (SSSR count). The number of hydrogen-bond donors (Lipinski definition) is 1. The summed E-state index contributed by atoms with van der Waals surface area (Å²) in [5.74, 6) is 1.93. The lowest BCUT2D eigenvalue weighted by Crippen LogP contribution is -2.56. The van der Waals surface area contributed by atoms with Crippen molar-refractivity contribution in [2.24, 2.45) is 11.8 Å². The normalized spacial score (nSPS) is 32.5. The van der Waals surface area contributed by atoms with Gasteiger partial charge in [-0.1, -0.05) is 19.8 Å². The summed E-state index contributed by atoms with van der Waals surface area (Å²) in [6.45, 7) is 4.85. The second kappa shape index (κ2) is 5.71. The van der Waals surface area contributed by atoms with Crippen LogP contribution in [0.2, 0.25) is 0 Å². The summed E-state index contributed by atoms with van der Waals surface area (Å²) in [4.78, 5) is 2.44. The first-order valence-corrected chi connectivity index (χ1v) is 7.50. The van der Waals surface area contributed by atoms with E-state index in [2.05, 4.69) is 31.2 Å². The highest BCUT2D eigenvalue weighted by Gasteiger charge is 2.38. The smallest absolute Gasteiger partial charge is 0.0327 e. The third kappa shape index (κ3) is 3.23. The molecule has 2 heteroatoms. The molecule has 2 aliphatic rings. The third-order valence-electron chi connectivity index (χ3n) is 5.26. The third-order valence-corrected chi connectivity index (χ3v) is 5.26. The van der Waals surface area contributed by atoms with E-state index in [-0.39, 0.29) is 0 Å². The molecule has 0 bridgehead atoms. The molecule has 2 fully saturated rings. The van der Waals surface area contributed by atoms with E-state index < -0.39 is 0 Å². The molecule has 0 heterocycles. The van der Waals surface area contributed by atoms with Gasteiger partial charge in [0.1, 0.15) is 0 Å². The Balaban J connectivity index is 1.65. The maximum absolute atomic E-state index is 3.75. The van der Waals surface area contributed by atoms with Crippen LogP contribution >= 0.6 is 0 Å². The van der Waals surface area contributed by atoms with E-state index in [1.807, 2.05) is 0 Å². The zero-order valence-corrected chi connectivity index (χ0v) is 12.0. The van der Waals surface area contributed by atoms with Crippen LogP contribution < -0.4 is 5.32 Å². The van der Waals surface area contributed by atoms with E-state index in [0.717, 1.165) is 11.8 Å². The van der Waals surface area contributed by atoms with Gasteiger partial charge in [0.25, 0.3) is 0 Å². The summed E-state index contributed by atoms with van der Waals surface area (Å²) in [6.07, 6.45) is 9.98. The van der Waals surface area contributed by atoms with E-state index in [0.29, 0.717) is 5.54 Å². The van der Waals surface area contributed by atoms with Crippen molar-refractivity contribution in [2.75, 3.05) is 27.2 Å². The molecule has 17 heavy (non-hydrogen) atoms. The largest absolute Gasteiger partial charge is 0.315 e. The zero-order valence-electron chi connectivity index (χ0n) is 12.0. The highest BCUT2D eigenvalue weighted by Crippen LogP contribution is 2.35. The summed E-state index contributed by atoms with van der Waals surface area (Å²) in [5, 5.41) is 3.75. The first kappa shape index (κ1) is 13.4.